The Bertz CT molecular complexity index is 733. The molecule has 1 saturated heterocycles. The summed E-state index contributed by atoms with van der Waals surface area (Å²) in [7, 11) is 1.86. The van der Waals surface area contributed by atoms with Crippen LogP contribution in [0.15, 0.2) is 30.3 Å². The molecule has 0 bridgehead atoms. The molecule has 0 spiro atoms. The van der Waals surface area contributed by atoms with Gasteiger partial charge in [-0.2, -0.15) is 5.10 Å². The highest BCUT2D eigenvalue weighted by Crippen LogP contribution is 2.18. The van der Waals surface area contributed by atoms with Gasteiger partial charge >= 0.3 is 0 Å². The van der Waals surface area contributed by atoms with Gasteiger partial charge in [0.2, 0.25) is 0 Å². The minimum Gasteiger partial charge on any atom is -0.387 e. The third-order valence-corrected chi connectivity index (χ3v) is 5.00. The molecule has 134 valence electrons. The summed E-state index contributed by atoms with van der Waals surface area (Å²) in [6.07, 6.45) is -0.494. The Labute approximate surface area is 148 Å². The lowest BCUT2D eigenvalue weighted by atomic mass is 10.1. The van der Waals surface area contributed by atoms with Gasteiger partial charge < -0.3 is 10.0 Å². The second-order valence-corrected chi connectivity index (χ2v) is 6.69. The summed E-state index contributed by atoms with van der Waals surface area (Å²) in [6.45, 7) is 7.30. The van der Waals surface area contributed by atoms with Crippen LogP contribution in [-0.2, 0) is 7.05 Å². The fourth-order valence-corrected chi connectivity index (χ4v) is 3.40. The van der Waals surface area contributed by atoms with Gasteiger partial charge in [-0.3, -0.25) is 14.4 Å². The number of hydrogen-bond donors (Lipinski definition) is 1. The summed E-state index contributed by atoms with van der Waals surface area (Å²) in [4.78, 5) is 16.9. The molecule has 3 rings (SSSR count). The van der Waals surface area contributed by atoms with E-state index in [9.17, 15) is 9.90 Å². The Morgan fingerprint density at radius 3 is 2.36 bits per heavy atom. The maximum Gasteiger partial charge on any atom is 0.257 e. The molecule has 1 N–H and O–H groups in total. The summed E-state index contributed by atoms with van der Waals surface area (Å²) in [5.74, 6) is 0.0614. The molecular weight excluding hydrogens is 316 g/mol. The first kappa shape index (κ1) is 17.6. The molecule has 1 fully saturated rings. The predicted octanol–water partition coefficient (Wildman–Crippen LogP) is 1.53. The topological polar surface area (TPSA) is 61.6 Å². The van der Waals surface area contributed by atoms with Crippen molar-refractivity contribution < 1.29 is 9.90 Å². The van der Waals surface area contributed by atoms with Gasteiger partial charge in [0, 0.05) is 45.5 Å². The number of nitrogens with zero attached hydrogens (tertiary/aromatic N) is 4. The van der Waals surface area contributed by atoms with Gasteiger partial charge in [0.05, 0.1) is 17.4 Å². The molecule has 1 atom stereocenters. The number of hydrogen-bond acceptors (Lipinski definition) is 4. The molecule has 0 aliphatic carbocycles. The maximum absolute atomic E-state index is 12.8. The van der Waals surface area contributed by atoms with Gasteiger partial charge in [-0.25, -0.2) is 0 Å². The maximum atomic E-state index is 12.8. The molecule has 2 aromatic rings. The number of aryl methyl sites for hydroxylation is 2. The van der Waals surface area contributed by atoms with Gasteiger partial charge in [-0.05, 0) is 19.4 Å². The van der Waals surface area contributed by atoms with Crippen molar-refractivity contribution in [3.05, 3.63) is 52.8 Å². The van der Waals surface area contributed by atoms with Crippen LogP contribution in [0.1, 0.15) is 33.4 Å². The Hall–Kier alpha value is -2.18. The second-order valence-electron chi connectivity index (χ2n) is 6.69. The zero-order chi connectivity index (χ0) is 18.0. The van der Waals surface area contributed by atoms with Crippen LogP contribution < -0.4 is 0 Å². The zero-order valence-electron chi connectivity index (χ0n) is 15.1. The smallest absolute Gasteiger partial charge is 0.257 e. The average molecular weight is 342 g/mol. The number of rotatable bonds is 4. The molecule has 1 aliphatic heterocycles. The predicted molar refractivity (Wildman–Crippen MR) is 96.4 cm³/mol. The lowest BCUT2D eigenvalue weighted by molar-refractivity contribution is 0.0526. The molecule has 1 amide bonds. The van der Waals surface area contributed by atoms with E-state index in [1.807, 2.05) is 56.1 Å². The first-order valence-corrected chi connectivity index (χ1v) is 8.72. The fourth-order valence-electron chi connectivity index (χ4n) is 3.40. The number of carbonyl (C=O) groups is 1. The molecular formula is C19H26N4O2. The summed E-state index contributed by atoms with van der Waals surface area (Å²) in [5.41, 5.74) is 3.35. The molecule has 25 heavy (non-hydrogen) atoms. The van der Waals surface area contributed by atoms with Gasteiger partial charge in [0.1, 0.15) is 0 Å². The summed E-state index contributed by atoms with van der Waals surface area (Å²) in [6, 6.07) is 9.71. The lowest BCUT2D eigenvalue weighted by Crippen LogP contribution is -2.49. The molecule has 6 heteroatoms. The Kier molecular flexibility index (Phi) is 5.20. The third kappa shape index (κ3) is 3.75. The highest BCUT2D eigenvalue weighted by atomic mass is 16.3. The normalized spacial score (nSPS) is 16.9. The summed E-state index contributed by atoms with van der Waals surface area (Å²) in [5, 5.41) is 14.7. The van der Waals surface area contributed by atoms with Crippen LogP contribution >= 0.6 is 0 Å². The SMILES string of the molecule is Cc1nn(C)c(C)c1C(=O)N1CCN(C[C@@H](O)c2ccccc2)CC1. The number of aliphatic hydroxyl groups is 1. The van der Waals surface area contributed by atoms with E-state index in [0.717, 1.165) is 35.6 Å². The molecule has 1 aliphatic rings. The van der Waals surface area contributed by atoms with Crippen LogP contribution in [0.5, 0.6) is 0 Å². The number of aromatic nitrogens is 2. The number of benzene rings is 1. The molecule has 6 nitrogen and oxygen atoms in total. The van der Waals surface area contributed by atoms with Crippen molar-refractivity contribution in [2.75, 3.05) is 32.7 Å². The Morgan fingerprint density at radius 2 is 1.80 bits per heavy atom. The van der Waals surface area contributed by atoms with Crippen LogP contribution in [0.25, 0.3) is 0 Å². The Balaban J connectivity index is 1.57. The Morgan fingerprint density at radius 1 is 1.16 bits per heavy atom. The monoisotopic (exact) mass is 342 g/mol. The van der Waals surface area contributed by atoms with E-state index in [4.69, 9.17) is 0 Å². The van der Waals surface area contributed by atoms with E-state index in [-0.39, 0.29) is 5.91 Å². The number of aliphatic hydroxyl groups excluding tert-OH is 1. The second kappa shape index (κ2) is 7.37. The van der Waals surface area contributed by atoms with E-state index in [1.54, 1.807) is 4.68 Å². The zero-order valence-corrected chi connectivity index (χ0v) is 15.1. The van der Waals surface area contributed by atoms with Crippen molar-refractivity contribution >= 4 is 5.91 Å². The largest absolute Gasteiger partial charge is 0.387 e. The van der Waals surface area contributed by atoms with E-state index in [0.29, 0.717) is 19.6 Å². The summed E-state index contributed by atoms with van der Waals surface area (Å²) < 4.78 is 1.76. The molecule has 2 heterocycles. The molecule has 0 saturated carbocycles. The highest BCUT2D eigenvalue weighted by Gasteiger charge is 2.27. The number of amides is 1. The molecule has 0 unspecified atom stereocenters. The third-order valence-electron chi connectivity index (χ3n) is 5.00. The van der Waals surface area contributed by atoms with Gasteiger partial charge in [0.25, 0.3) is 5.91 Å². The first-order valence-electron chi connectivity index (χ1n) is 8.72. The van der Waals surface area contributed by atoms with Crippen molar-refractivity contribution in [1.29, 1.82) is 0 Å². The molecule has 1 aromatic heterocycles. The van der Waals surface area contributed by atoms with Crippen molar-refractivity contribution in [1.82, 2.24) is 19.6 Å². The first-order chi connectivity index (χ1) is 12.0. The standard InChI is InChI=1S/C19H26N4O2/c1-14-18(15(2)21(3)20-14)19(25)23-11-9-22(10-12-23)13-17(24)16-7-5-4-6-8-16/h4-8,17,24H,9-13H2,1-3H3/t17-/m1/s1. The van der Waals surface area contributed by atoms with Crippen LogP contribution in [-0.4, -0.2) is 63.3 Å². The van der Waals surface area contributed by atoms with Crippen LogP contribution in [0.4, 0.5) is 0 Å². The van der Waals surface area contributed by atoms with Crippen LogP contribution in [0.2, 0.25) is 0 Å². The van der Waals surface area contributed by atoms with Crippen LogP contribution in [0.3, 0.4) is 0 Å². The average Bonchev–Trinajstić information content (AvgIpc) is 2.88. The van der Waals surface area contributed by atoms with Gasteiger partial charge in [-0.1, -0.05) is 30.3 Å². The summed E-state index contributed by atoms with van der Waals surface area (Å²) >= 11 is 0. The number of β-amino-alcohol motifs (C(OH)–C–C–N with tert-alkyl or cyclic N) is 1. The van der Waals surface area contributed by atoms with Crippen molar-refractivity contribution in [3.8, 4) is 0 Å². The van der Waals surface area contributed by atoms with Crippen LogP contribution in [0, 0.1) is 13.8 Å². The van der Waals surface area contributed by atoms with Crippen molar-refractivity contribution in [3.63, 3.8) is 0 Å². The minimum absolute atomic E-state index is 0.0614. The van der Waals surface area contributed by atoms with Crippen molar-refractivity contribution in [2.24, 2.45) is 7.05 Å². The highest BCUT2D eigenvalue weighted by molar-refractivity contribution is 5.96. The molecule has 1 aromatic carbocycles. The van der Waals surface area contributed by atoms with Gasteiger partial charge in [-0.15, -0.1) is 0 Å². The quantitative estimate of drug-likeness (QED) is 0.915. The van der Waals surface area contributed by atoms with E-state index in [2.05, 4.69) is 10.00 Å². The van der Waals surface area contributed by atoms with E-state index in [1.165, 1.54) is 0 Å². The lowest BCUT2D eigenvalue weighted by Gasteiger charge is -2.35. The molecule has 0 radical (unpaired) electrons. The minimum atomic E-state index is -0.494. The number of piperazine rings is 1. The van der Waals surface area contributed by atoms with E-state index >= 15 is 0 Å². The number of carbonyl (C=O) groups excluding carboxylic acids is 1. The van der Waals surface area contributed by atoms with Crippen molar-refractivity contribution in [2.45, 2.75) is 20.0 Å². The van der Waals surface area contributed by atoms with E-state index < -0.39 is 6.10 Å². The van der Waals surface area contributed by atoms with Gasteiger partial charge in [0.15, 0.2) is 0 Å². The fraction of sp³-hybridized carbons (Fsp3) is 0.474.